The molecule has 15 atom stereocenters. The van der Waals surface area contributed by atoms with Gasteiger partial charge in [-0.1, -0.05) is 88.1 Å². The molecule has 6 heterocycles. The number of fused-ring (bicyclic) bond motifs is 4. The molecule has 23 N–H and O–H groups in total. The van der Waals surface area contributed by atoms with Crippen LogP contribution in [0, 0.1) is 0 Å². The fraction of sp³-hybridized carbons (Fsp3) is 0.505. The van der Waals surface area contributed by atoms with E-state index in [2.05, 4.69) is 68.1 Å². The lowest BCUT2D eigenvalue weighted by molar-refractivity contribution is -0.149. The van der Waals surface area contributed by atoms with Crippen LogP contribution < -0.4 is 70.4 Å². The molecule has 3 aromatic heterocycles. The molecule has 48 heteroatoms. The lowest BCUT2D eigenvalue weighted by atomic mass is 9.99. The zero-order valence-corrected chi connectivity index (χ0v) is 78.6. The number of unbranched alkanes of at least 4 members (excludes halogenated alkanes) is 2. The second-order valence-corrected chi connectivity index (χ2v) is 35.7. The Morgan fingerprint density at radius 1 is 0.532 bits per heavy atom. The van der Waals surface area contributed by atoms with Crippen molar-refractivity contribution in [1.82, 2.24) is 97.2 Å². The first-order chi connectivity index (χ1) is 66.1. The molecular weight excluding hydrogens is 1830 g/mol. The number of aromatic amines is 2. The van der Waals surface area contributed by atoms with Gasteiger partial charge in [0.15, 0.2) is 0 Å². The maximum absolute atomic E-state index is 15.9. The molecule has 752 valence electrons. The molecule has 0 bridgehead atoms. The number of phenols is 1. The summed E-state index contributed by atoms with van der Waals surface area (Å²) < 4.78 is 1.39. The van der Waals surface area contributed by atoms with Crippen LogP contribution in [0.5, 0.6) is 5.75 Å². The molecule has 3 fully saturated rings. The average molecular weight is 1960 g/mol. The van der Waals surface area contributed by atoms with Gasteiger partial charge in [-0.15, -0.1) is 11.8 Å². The number of para-hydroxylation sites is 2. The van der Waals surface area contributed by atoms with Gasteiger partial charge in [-0.05, 0) is 92.9 Å². The molecule has 9 rings (SSSR count). The molecule has 47 nitrogen and oxygen atoms in total. The zero-order chi connectivity index (χ0) is 102. The smallest absolute Gasteiger partial charge is 0.323 e. The highest BCUT2D eigenvalue weighted by Gasteiger charge is 2.47. The number of H-pyrrole nitrogens is 2. The van der Waals surface area contributed by atoms with Crippen LogP contribution in [0.2, 0.25) is 0 Å². The largest absolute Gasteiger partial charge is 0.508 e. The summed E-state index contributed by atoms with van der Waals surface area (Å²) in [5.41, 5.74) is 19.5. The van der Waals surface area contributed by atoms with E-state index in [0.717, 1.165) is 31.5 Å². The Hall–Kier alpha value is -14.6. The number of aliphatic carboxylic acids is 3. The normalized spacial score (nSPS) is 24.3. The molecule has 3 saturated heterocycles. The first-order valence-electron chi connectivity index (χ1n) is 45.6. The number of imidazole rings is 1. The van der Waals surface area contributed by atoms with E-state index >= 15 is 38.4 Å². The second kappa shape index (κ2) is 51.0. The Kier molecular flexibility index (Phi) is 39.7. The molecule has 17 amide bonds. The number of benzene rings is 3. The highest BCUT2D eigenvalue weighted by molar-refractivity contribution is 8.00. The number of aliphatic hydroxyl groups excluding tert-OH is 1. The number of carboxylic acids is 3. The number of carbonyl (C=O) groups excluding carboxylic acids is 17. The van der Waals surface area contributed by atoms with E-state index in [-0.39, 0.29) is 82.3 Å². The number of carbonyl (C=O) groups is 20. The molecule has 3 aromatic carbocycles. The van der Waals surface area contributed by atoms with Crippen molar-refractivity contribution in [3.8, 4) is 5.75 Å². The summed E-state index contributed by atoms with van der Waals surface area (Å²) in [5, 5.41) is 78.7. The third-order valence-corrected chi connectivity index (χ3v) is 25.5. The number of aromatic hydroxyl groups is 1. The lowest BCUT2D eigenvalue weighted by Gasteiger charge is -2.36. The quantitative estimate of drug-likeness (QED) is 0.0223. The van der Waals surface area contributed by atoms with E-state index < -0.39 is 285 Å². The van der Waals surface area contributed by atoms with Crippen molar-refractivity contribution in [2.45, 2.75) is 234 Å². The minimum absolute atomic E-state index is 0.0926. The number of nitrogens with zero attached hydrogens (tertiary/aromatic N) is 7. The zero-order valence-electron chi connectivity index (χ0n) is 77.7. The van der Waals surface area contributed by atoms with Crippen molar-refractivity contribution < 1.29 is 121 Å². The van der Waals surface area contributed by atoms with Gasteiger partial charge in [0.2, 0.25) is 100 Å². The van der Waals surface area contributed by atoms with Crippen molar-refractivity contribution in [1.29, 1.82) is 0 Å². The summed E-state index contributed by atoms with van der Waals surface area (Å²) in [5.74, 6) is -24.0. The van der Waals surface area contributed by atoms with E-state index in [9.17, 15) is 83.1 Å². The molecule has 6 aromatic rings. The summed E-state index contributed by atoms with van der Waals surface area (Å²) in [7, 11) is 3.63. The summed E-state index contributed by atoms with van der Waals surface area (Å²) in [6.07, 6.45) is -0.876. The first-order valence-corrected chi connectivity index (χ1v) is 46.7. The second-order valence-electron chi connectivity index (χ2n) is 34.6. The van der Waals surface area contributed by atoms with Crippen molar-refractivity contribution >= 4 is 152 Å². The maximum atomic E-state index is 15.9. The van der Waals surface area contributed by atoms with E-state index in [1.807, 2.05) is 0 Å². The molecule has 139 heavy (non-hydrogen) atoms. The standard InChI is InChI=1S/C91H122N22O25S/c1-7-9-19-68-84(131)104-62(37-75(119)120)83(130)107-66(79(126)97-41-73(94)117)45-139-46-74(118)99-63(32-49-23-25-53(114)26-24-49)87(134)108(4)48(3)78(125)105-65(38-76(121)122)90(137)112-31-15-22-69(112)85(132)103-61(35-52-40-95-47-98-52)82(129)101-59(27-28-72(93)116)89(136)113-43-54(115)36-71(113)86(133)102-60(33-50-39-96-57-18-13-11-16-55(50)57)81(128)100-58(29-30-92)80(127)106-64(88(135)110(6)70(20-10-8-2)91(138)109(68)5)34-51-42-111(44-77(123)124)67-21-14-12-17-56(51)67/h11-14,16-18,21,23-26,39-40,42,47-48,54,58-66,68-71,96,114-115H,7-10,15,19-20,22,27-38,41,43-46,92H2,1-6H3,(H2,93,116)(H2,94,117)(H,95,98)(H,97,126)(H,99,118)(H,100,128)(H,101,129)(H,102,133)(H,103,132)(H,104,131)(H,105,125)(H,106,127)(H,107,130)(H,119,120)(H,121,122)(H,123,124)/t48-,54+,58-,59-,60-,61-,62-,63-,64-,65+,66-,68-,69-,70-,71-/m0/s1. The van der Waals surface area contributed by atoms with Crippen LogP contribution in [-0.4, -0.2) is 337 Å². The van der Waals surface area contributed by atoms with E-state index in [1.54, 1.807) is 68.6 Å². The predicted octanol–water partition coefficient (Wildman–Crippen LogP) is -3.98. The average Bonchev–Trinajstić information content (AvgIpc) is 1.66. The van der Waals surface area contributed by atoms with Gasteiger partial charge in [0.05, 0.1) is 37.6 Å². The maximum Gasteiger partial charge on any atom is 0.323 e. The fourth-order valence-electron chi connectivity index (χ4n) is 16.9. The SMILES string of the molecule is CCCC[C@H]1C(=O)N(C)[C@@H](CCCC)C(=O)N[C@@H](CC(=O)O)C(=O)N[C@H](C(=O)NCC(N)=O)CSCC(=O)N[C@@H](Cc2ccc(O)cc2)C(=O)N(C)[C@@H](C)C(=O)N[C@H](CC(=O)O)C(=O)N2CCC[C@H]2C(=O)N[C@@H](Cc2cnc[nH]2)C(=O)N[C@@H](CCC(N)=O)C(=O)N2C[C@H](O)C[C@H]2C(=O)N[C@@H](Cc2c[nH]c3ccccc23)C(=O)N[C@@H](CCN)C(=O)N[C@@H](Cc2cn(CC(=O)O)c3ccccc23)C(=O)N1C. The van der Waals surface area contributed by atoms with Gasteiger partial charge >= 0.3 is 17.9 Å². The third-order valence-electron chi connectivity index (χ3n) is 24.4. The van der Waals surface area contributed by atoms with E-state index in [1.165, 1.54) is 68.6 Å². The number of aromatic nitrogens is 4. The number of amides is 17. The molecule has 0 saturated carbocycles. The van der Waals surface area contributed by atoms with E-state index in [4.69, 9.17) is 17.2 Å². The molecule has 0 spiro atoms. The Morgan fingerprint density at radius 2 is 1.09 bits per heavy atom. The summed E-state index contributed by atoms with van der Waals surface area (Å²) in [4.78, 5) is 303. The van der Waals surface area contributed by atoms with Gasteiger partial charge < -0.3 is 135 Å². The Morgan fingerprint density at radius 3 is 1.73 bits per heavy atom. The number of hydrogen-bond donors (Lipinski definition) is 20. The molecule has 0 aliphatic carbocycles. The minimum atomic E-state index is -2.07. The Bertz CT molecular complexity index is 5480. The number of hydrogen-bond acceptors (Lipinski definition) is 25. The van der Waals surface area contributed by atoms with Crippen molar-refractivity contribution in [3.05, 3.63) is 120 Å². The summed E-state index contributed by atoms with van der Waals surface area (Å²) in [6, 6.07) is -5.25. The van der Waals surface area contributed by atoms with Crippen LogP contribution in [0.3, 0.4) is 0 Å². The van der Waals surface area contributed by atoms with E-state index in [0.29, 0.717) is 63.1 Å². The number of aliphatic hydroxyl groups is 1. The monoisotopic (exact) mass is 1950 g/mol. The molecule has 3 aliphatic rings. The summed E-state index contributed by atoms with van der Waals surface area (Å²) >= 11 is 0.648. The lowest BCUT2D eigenvalue weighted by Crippen LogP contribution is -2.61. The number of nitrogens with two attached hydrogens (primary N) is 3. The molecule has 0 unspecified atom stereocenters. The van der Waals surface area contributed by atoms with Crippen molar-refractivity contribution in [2.24, 2.45) is 17.2 Å². The number of likely N-dealkylation sites (N-methyl/N-ethyl adjacent to an activating group) is 3. The Balaban J connectivity index is 1.12. The number of thioether (sulfide) groups is 1. The van der Waals surface area contributed by atoms with Crippen molar-refractivity contribution in [2.75, 3.05) is 58.8 Å². The molecular formula is C91H122N22O25S. The van der Waals surface area contributed by atoms with Gasteiger partial charge in [0.25, 0.3) is 0 Å². The predicted molar refractivity (Wildman–Crippen MR) is 498 cm³/mol. The number of rotatable bonds is 28. The number of primary amides is 2. The van der Waals surface area contributed by atoms with Crippen LogP contribution in [0.15, 0.2) is 97.7 Å². The highest BCUT2D eigenvalue weighted by atomic mass is 32.2. The number of phenolic OH excluding ortho intramolecular Hbond substituents is 1. The first kappa shape index (κ1) is 108. The van der Waals surface area contributed by atoms with Crippen LogP contribution in [0.25, 0.3) is 21.8 Å². The number of carboxylic acid groups (broad SMARTS) is 3. The van der Waals surface area contributed by atoms with Gasteiger partial charge in [-0.2, -0.15) is 0 Å². The van der Waals surface area contributed by atoms with Crippen LogP contribution in [0.1, 0.15) is 133 Å². The van der Waals surface area contributed by atoms with Gasteiger partial charge in [-0.3, -0.25) is 95.9 Å². The van der Waals surface area contributed by atoms with Crippen molar-refractivity contribution in [3.63, 3.8) is 0 Å². The van der Waals surface area contributed by atoms with Gasteiger partial charge in [0, 0.05) is 125 Å². The third kappa shape index (κ3) is 30.0. The van der Waals surface area contributed by atoms with Crippen LogP contribution >= 0.6 is 11.8 Å². The fourth-order valence-corrected chi connectivity index (χ4v) is 17.8. The Labute approximate surface area is 802 Å². The molecule has 0 radical (unpaired) electrons. The van der Waals surface area contributed by atoms with Crippen LogP contribution in [0.4, 0.5) is 0 Å². The molecule has 3 aliphatic heterocycles. The topological polar surface area (TPSA) is 707 Å². The summed E-state index contributed by atoms with van der Waals surface area (Å²) in [6.45, 7) is 2.19. The highest BCUT2D eigenvalue weighted by Crippen LogP contribution is 2.29. The minimum Gasteiger partial charge on any atom is -0.508 e. The van der Waals surface area contributed by atoms with Gasteiger partial charge in [0.1, 0.15) is 96.9 Å². The number of nitrogens with one attached hydrogen (secondary N) is 12. The van der Waals surface area contributed by atoms with Crippen LogP contribution in [-0.2, 0) is 128 Å². The van der Waals surface area contributed by atoms with Gasteiger partial charge in [-0.25, -0.2) is 4.98 Å².